The summed E-state index contributed by atoms with van der Waals surface area (Å²) < 4.78 is 13.5. The Labute approximate surface area is 178 Å². The summed E-state index contributed by atoms with van der Waals surface area (Å²) >= 11 is 0. The molecule has 2 aliphatic heterocycles. The quantitative estimate of drug-likeness (QED) is 0.653. The minimum Gasteiger partial charge on any atom is -0.365 e. The van der Waals surface area contributed by atoms with E-state index in [-0.39, 0.29) is 17.8 Å². The molecule has 1 unspecified atom stereocenters. The fraction of sp³-hybridized carbons (Fsp3) is 0.292. The SMILES string of the molecule is CN1C(=O)NC(=O)C12Cc1cc3ccc(CN4CCc5cc(F)ccc54)nc3cc1C2. The highest BCUT2D eigenvalue weighted by molar-refractivity contribution is 6.07. The minimum atomic E-state index is -0.825. The molecule has 1 spiro atoms. The van der Waals surface area contributed by atoms with Crippen LogP contribution in [0.1, 0.15) is 22.4 Å². The highest BCUT2D eigenvalue weighted by atomic mass is 19.1. The summed E-state index contributed by atoms with van der Waals surface area (Å²) in [4.78, 5) is 33.2. The van der Waals surface area contributed by atoms with Crippen LogP contribution < -0.4 is 10.2 Å². The zero-order chi connectivity index (χ0) is 21.3. The van der Waals surface area contributed by atoms with Gasteiger partial charge in [-0.2, -0.15) is 0 Å². The molecule has 0 radical (unpaired) electrons. The highest BCUT2D eigenvalue weighted by Crippen LogP contribution is 2.38. The lowest BCUT2D eigenvalue weighted by atomic mass is 9.95. The van der Waals surface area contributed by atoms with Gasteiger partial charge in [0.2, 0.25) is 0 Å². The molecule has 1 atom stereocenters. The van der Waals surface area contributed by atoms with Crippen molar-refractivity contribution in [2.45, 2.75) is 31.3 Å². The fourth-order valence-corrected chi connectivity index (χ4v) is 5.25. The smallest absolute Gasteiger partial charge is 0.324 e. The third kappa shape index (κ3) is 2.65. The standard InChI is InChI=1S/C24H21FN4O2/c1-28-23(31)27-22(30)24(28)11-16-8-14-2-4-19(26-20(14)10-17(16)12-24)13-29-7-6-15-9-18(25)3-5-21(15)29/h2-5,8-10H,6-7,11-13H2,1H3,(H,27,30,31). The normalized spacial score (nSPS) is 21.9. The van der Waals surface area contributed by atoms with Gasteiger partial charge in [0.15, 0.2) is 0 Å². The van der Waals surface area contributed by atoms with Gasteiger partial charge in [-0.3, -0.25) is 15.1 Å². The van der Waals surface area contributed by atoms with Gasteiger partial charge in [0.05, 0.1) is 17.8 Å². The van der Waals surface area contributed by atoms with E-state index in [9.17, 15) is 14.0 Å². The van der Waals surface area contributed by atoms with Crippen molar-refractivity contribution in [1.29, 1.82) is 0 Å². The zero-order valence-electron chi connectivity index (χ0n) is 17.1. The van der Waals surface area contributed by atoms with E-state index in [4.69, 9.17) is 4.98 Å². The van der Waals surface area contributed by atoms with Crippen molar-refractivity contribution in [1.82, 2.24) is 15.2 Å². The monoisotopic (exact) mass is 416 g/mol. The Morgan fingerprint density at radius 2 is 1.87 bits per heavy atom. The Bertz CT molecular complexity index is 1290. The van der Waals surface area contributed by atoms with Crippen LogP contribution in [0.4, 0.5) is 14.9 Å². The average Bonchev–Trinajstić information content (AvgIpc) is 3.37. The number of hydrogen-bond acceptors (Lipinski definition) is 4. The van der Waals surface area contributed by atoms with Crippen molar-refractivity contribution in [2.24, 2.45) is 0 Å². The lowest BCUT2D eigenvalue weighted by Crippen LogP contribution is -2.48. The Morgan fingerprint density at radius 3 is 2.65 bits per heavy atom. The van der Waals surface area contributed by atoms with Crippen LogP contribution in [0.15, 0.2) is 42.5 Å². The molecule has 6 rings (SSSR count). The lowest BCUT2D eigenvalue weighted by Gasteiger charge is -2.27. The van der Waals surface area contributed by atoms with Gasteiger partial charge in [0, 0.05) is 37.5 Å². The Kier molecular flexibility index (Phi) is 3.70. The number of nitrogens with zero attached hydrogens (tertiary/aromatic N) is 3. The van der Waals surface area contributed by atoms with Crippen LogP contribution in [0.5, 0.6) is 0 Å². The van der Waals surface area contributed by atoms with Gasteiger partial charge in [-0.15, -0.1) is 0 Å². The first kappa shape index (κ1) is 18.3. The molecule has 1 aliphatic carbocycles. The largest absolute Gasteiger partial charge is 0.365 e. The number of rotatable bonds is 2. The number of pyridine rings is 1. The summed E-state index contributed by atoms with van der Waals surface area (Å²) in [6.45, 7) is 1.51. The van der Waals surface area contributed by atoms with E-state index in [2.05, 4.69) is 28.4 Å². The first-order chi connectivity index (χ1) is 14.9. The van der Waals surface area contributed by atoms with Crippen LogP contribution in [-0.2, 0) is 30.6 Å². The second-order valence-electron chi connectivity index (χ2n) is 8.76. The zero-order valence-corrected chi connectivity index (χ0v) is 17.1. The second kappa shape index (κ2) is 6.26. The van der Waals surface area contributed by atoms with Crippen molar-refractivity contribution in [3.63, 3.8) is 0 Å². The van der Waals surface area contributed by atoms with Gasteiger partial charge in [0.25, 0.3) is 5.91 Å². The molecule has 7 heteroatoms. The molecule has 1 aromatic heterocycles. The molecule has 1 saturated heterocycles. The van der Waals surface area contributed by atoms with Crippen LogP contribution in [0, 0.1) is 5.82 Å². The molecule has 1 N–H and O–H groups in total. The molecule has 0 saturated carbocycles. The van der Waals surface area contributed by atoms with E-state index in [0.29, 0.717) is 19.4 Å². The highest BCUT2D eigenvalue weighted by Gasteiger charge is 2.54. The van der Waals surface area contributed by atoms with Crippen molar-refractivity contribution in [3.05, 3.63) is 70.7 Å². The van der Waals surface area contributed by atoms with E-state index in [1.807, 2.05) is 12.1 Å². The first-order valence-corrected chi connectivity index (χ1v) is 10.5. The van der Waals surface area contributed by atoms with Gasteiger partial charge in [-0.25, -0.2) is 9.18 Å². The summed E-state index contributed by atoms with van der Waals surface area (Å²) in [5.74, 6) is -0.419. The minimum absolute atomic E-state index is 0.195. The number of carbonyl (C=O) groups excluding carboxylic acids is 2. The van der Waals surface area contributed by atoms with Gasteiger partial charge >= 0.3 is 6.03 Å². The third-order valence-electron chi connectivity index (χ3n) is 7.01. The van der Waals surface area contributed by atoms with E-state index >= 15 is 0 Å². The Balaban J connectivity index is 1.31. The summed E-state index contributed by atoms with van der Waals surface area (Å²) in [6, 6.07) is 12.9. The van der Waals surface area contributed by atoms with E-state index in [1.165, 1.54) is 11.0 Å². The average molecular weight is 416 g/mol. The summed E-state index contributed by atoms with van der Waals surface area (Å²) in [7, 11) is 1.68. The van der Waals surface area contributed by atoms with Crippen LogP contribution >= 0.6 is 0 Å². The van der Waals surface area contributed by atoms with E-state index in [1.54, 1.807) is 13.1 Å². The number of benzene rings is 2. The molecule has 3 aromatic rings. The molecule has 31 heavy (non-hydrogen) atoms. The molecule has 3 aliphatic rings. The van der Waals surface area contributed by atoms with E-state index in [0.717, 1.165) is 51.9 Å². The van der Waals surface area contributed by atoms with Crippen molar-refractivity contribution in [2.75, 3.05) is 18.5 Å². The number of aromatic nitrogens is 1. The molecular weight excluding hydrogens is 395 g/mol. The van der Waals surface area contributed by atoms with Crippen LogP contribution in [-0.4, -0.2) is 41.0 Å². The van der Waals surface area contributed by atoms with Gasteiger partial charge in [-0.1, -0.05) is 6.07 Å². The van der Waals surface area contributed by atoms with Crippen molar-refractivity contribution < 1.29 is 14.0 Å². The molecule has 3 amide bonds. The molecule has 3 heterocycles. The maximum absolute atomic E-state index is 13.5. The lowest BCUT2D eigenvalue weighted by molar-refractivity contribution is -0.125. The number of amides is 3. The Hall–Kier alpha value is -3.48. The van der Waals surface area contributed by atoms with E-state index < -0.39 is 5.54 Å². The number of likely N-dealkylation sites (N-methyl/N-ethyl adjacent to an activating group) is 1. The number of fused-ring (bicyclic) bond motifs is 3. The molecule has 0 bridgehead atoms. The molecule has 156 valence electrons. The third-order valence-corrected chi connectivity index (χ3v) is 7.01. The summed E-state index contributed by atoms with van der Waals surface area (Å²) in [5.41, 5.74) is 5.28. The number of imide groups is 1. The fourth-order valence-electron chi connectivity index (χ4n) is 5.25. The predicted molar refractivity (Wildman–Crippen MR) is 114 cm³/mol. The number of anilines is 1. The second-order valence-corrected chi connectivity index (χ2v) is 8.76. The number of nitrogens with one attached hydrogen (secondary N) is 1. The predicted octanol–water partition coefficient (Wildman–Crippen LogP) is 2.96. The maximum atomic E-state index is 13.5. The van der Waals surface area contributed by atoms with Crippen molar-refractivity contribution in [3.8, 4) is 0 Å². The number of halogens is 1. The summed E-state index contributed by atoms with van der Waals surface area (Å²) in [5, 5.41) is 3.46. The topological polar surface area (TPSA) is 65.5 Å². The summed E-state index contributed by atoms with van der Waals surface area (Å²) in [6.07, 6.45) is 1.86. The number of carbonyl (C=O) groups is 2. The van der Waals surface area contributed by atoms with Crippen LogP contribution in [0.3, 0.4) is 0 Å². The van der Waals surface area contributed by atoms with Gasteiger partial charge in [0.1, 0.15) is 11.4 Å². The van der Waals surface area contributed by atoms with Gasteiger partial charge in [-0.05, 0) is 59.5 Å². The number of hydrogen-bond donors (Lipinski definition) is 1. The Morgan fingerprint density at radius 1 is 1.06 bits per heavy atom. The molecule has 2 aromatic carbocycles. The van der Waals surface area contributed by atoms with Crippen molar-refractivity contribution >= 4 is 28.5 Å². The van der Waals surface area contributed by atoms with Crippen LogP contribution in [0.2, 0.25) is 0 Å². The molecule has 6 nitrogen and oxygen atoms in total. The van der Waals surface area contributed by atoms with Crippen LogP contribution in [0.25, 0.3) is 10.9 Å². The molecule has 1 fully saturated rings. The maximum Gasteiger partial charge on any atom is 0.324 e. The van der Waals surface area contributed by atoms with Gasteiger partial charge < -0.3 is 9.80 Å². The number of urea groups is 1. The first-order valence-electron chi connectivity index (χ1n) is 10.5. The molecular formula is C24H21FN4O2.